The van der Waals surface area contributed by atoms with Crippen molar-refractivity contribution in [2.75, 3.05) is 18.4 Å². The average molecular weight is 342 g/mol. The molecule has 0 unspecified atom stereocenters. The second-order valence-corrected chi connectivity index (χ2v) is 6.31. The molecule has 0 saturated carbocycles. The smallest absolute Gasteiger partial charge is 0.293 e. The van der Waals surface area contributed by atoms with E-state index in [9.17, 15) is 9.59 Å². The van der Waals surface area contributed by atoms with E-state index in [1.807, 2.05) is 13.8 Å². The summed E-state index contributed by atoms with van der Waals surface area (Å²) in [6, 6.07) is 7.10. The third-order valence-electron chi connectivity index (χ3n) is 3.92. The molecule has 0 spiro atoms. The van der Waals surface area contributed by atoms with Gasteiger partial charge in [-0.3, -0.25) is 9.59 Å². The van der Waals surface area contributed by atoms with Crippen LogP contribution in [0, 0.1) is 5.92 Å². The van der Waals surface area contributed by atoms with E-state index in [1.165, 1.54) is 0 Å². The Morgan fingerprint density at radius 2 is 1.84 bits per heavy atom. The first-order valence-corrected chi connectivity index (χ1v) is 8.68. The zero-order chi connectivity index (χ0) is 18.4. The fraction of sp³-hybridized carbons (Fsp3) is 0.421. The maximum absolute atomic E-state index is 12.4. The molecule has 1 aromatic carbocycles. The third kappa shape index (κ3) is 4.68. The van der Waals surface area contributed by atoms with Gasteiger partial charge in [-0.25, -0.2) is 4.98 Å². The molecule has 1 N–H and O–H groups in total. The zero-order valence-electron chi connectivity index (χ0n) is 15.3. The Labute approximate surface area is 148 Å². The van der Waals surface area contributed by atoms with Crippen molar-refractivity contribution in [1.29, 1.82) is 0 Å². The Bertz CT molecular complexity index is 762. The number of rotatable bonds is 7. The number of hydrogen-bond acceptors (Lipinski definition) is 4. The van der Waals surface area contributed by atoms with Crippen LogP contribution in [0.25, 0.3) is 0 Å². The van der Waals surface area contributed by atoms with E-state index < -0.39 is 0 Å². The average Bonchev–Trinajstić information content (AvgIpc) is 2.59. The fourth-order valence-corrected chi connectivity index (χ4v) is 2.60. The van der Waals surface area contributed by atoms with Crippen LogP contribution in [-0.2, 0) is 6.54 Å². The van der Waals surface area contributed by atoms with E-state index in [0.717, 1.165) is 5.69 Å². The van der Waals surface area contributed by atoms with Gasteiger partial charge in [0.1, 0.15) is 0 Å². The SMILES string of the molecule is CCN(CC)C(=O)c1ccc(Nc2nccn(CC(C)C)c2=O)cc1. The minimum atomic E-state index is -0.153. The topological polar surface area (TPSA) is 67.2 Å². The molecule has 134 valence electrons. The van der Waals surface area contributed by atoms with Gasteiger partial charge in [0.2, 0.25) is 0 Å². The van der Waals surface area contributed by atoms with Gasteiger partial charge in [0.25, 0.3) is 11.5 Å². The maximum atomic E-state index is 12.4. The Morgan fingerprint density at radius 3 is 2.40 bits per heavy atom. The minimum Gasteiger partial charge on any atom is -0.339 e. The molecule has 0 aliphatic rings. The lowest BCUT2D eigenvalue weighted by molar-refractivity contribution is 0.0773. The van der Waals surface area contributed by atoms with Crippen LogP contribution >= 0.6 is 0 Å². The second-order valence-electron chi connectivity index (χ2n) is 6.31. The number of aromatic nitrogens is 2. The van der Waals surface area contributed by atoms with Gasteiger partial charge in [0, 0.05) is 43.3 Å². The predicted octanol–water partition coefficient (Wildman–Crippen LogP) is 3.12. The summed E-state index contributed by atoms with van der Waals surface area (Å²) >= 11 is 0. The van der Waals surface area contributed by atoms with Gasteiger partial charge in [-0.05, 0) is 44.0 Å². The third-order valence-corrected chi connectivity index (χ3v) is 3.92. The zero-order valence-corrected chi connectivity index (χ0v) is 15.3. The van der Waals surface area contributed by atoms with Crippen LogP contribution < -0.4 is 10.9 Å². The highest BCUT2D eigenvalue weighted by Gasteiger charge is 2.12. The van der Waals surface area contributed by atoms with Gasteiger partial charge >= 0.3 is 0 Å². The number of hydrogen-bond donors (Lipinski definition) is 1. The van der Waals surface area contributed by atoms with Crippen LogP contribution in [0.4, 0.5) is 11.5 Å². The van der Waals surface area contributed by atoms with Crippen molar-refractivity contribution in [2.24, 2.45) is 5.92 Å². The second kappa shape index (κ2) is 8.46. The van der Waals surface area contributed by atoms with Crippen LogP contribution in [0.5, 0.6) is 0 Å². The summed E-state index contributed by atoms with van der Waals surface area (Å²) in [5, 5.41) is 3.04. The monoisotopic (exact) mass is 342 g/mol. The van der Waals surface area contributed by atoms with Gasteiger partial charge in [0.05, 0.1) is 0 Å². The molecule has 2 rings (SSSR count). The summed E-state index contributed by atoms with van der Waals surface area (Å²) in [5.41, 5.74) is 1.20. The van der Waals surface area contributed by atoms with Crippen molar-refractivity contribution in [2.45, 2.75) is 34.2 Å². The van der Waals surface area contributed by atoms with Crippen molar-refractivity contribution in [3.63, 3.8) is 0 Å². The van der Waals surface area contributed by atoms with E-state index in [1.54, 1.807) is 46.1 Å². The first-order chi connectivity index (χ1) is 12.0. The van der Waals surface area contributed by atoms with Crippen LogP contribution in [0.3, 0.4) is 0 Å². The molecule has 0 saturated heterocycles. The molecule has 0 fully saturated rings. The fourth-order valence-electron chi connectivity index (χ4n) is 2.60. The molecule has 1 heterocycles. The Balaban J connectivity index is 2.17. The van der Waals surface area contributed by atoms with Crippen LogP contribution in [-0.4, -0.2) is 33.4 Å². The van der Waals surface area contributed by atoms with E-state index >= 15 is 0 Å². The summed E-state index contributed by atoms with van der Waals surface area (Å²) in [6.07, 6.45) is 3.31. The summed E-state index contributed by atoms with van der Waals surface area (Å²) in [5.74, 6) is 0.665. The molecule has 1 aromatic heterocycles. The first kappa shape index (κ1) is 18.7. The lowest BCUT2D eigenvalue weighted by Crippen LogP contribution is -2.30. The van der Waals surface area contributed by atoms with E-state index in [-0.39, 0.29) is 17.3 Å². The molecular weight excluding hydrogens is 316 g/mol. The highest BCUT2D eigenvalue weighted by Crippen LogP contribution is 2.14. The summed E-state index contributed by atoms with van der Waals surface area (Å²) < 4.78 is 1.65. The maximum Gasteiger partial charge on any atom is 0.293 e. The molecule has 0 bridgehead atoms. The summed E-state index contributed by atoms with van der Waals surface area (Å²) in [4.78, 5) is 30.6. The molecule has 0 atom stereocenters. The van der Waals surface area contributed by atoms with Crippen LogP contribution in [0.15, 0.2) is 41.5 Å². The Kier molecular flexibility index (Phi) is 6.33. The van der Waals surface area contributed by atoms with Crippen molar-refractivity contribution in [1.82, 2.24) is 14.5 Å². The lowest BCUT2D eigenvalue weighted by atomic mass is 10.2. The van der Waals surface area contributed by atoms with Gasteiger partial charge < -0.3 is 14.8 Å². The van der Waals surface area contributed by atoms with Crippen molar-refractivity contribution < 1.29 is 4.79 Å². The molecule has 0 aliphatic carbocycles. The van der Waals surface area contributed by atoms with Crippen LogP contribution in [0.2, 0.25) is 0 Å². The first-order valence-electron chi connectivity index (χ1n) is 8.68. The summed E-state index contributed by atoms with van der Waals surface area (Å²) in [7, 11) is 0. The highest BCUT2D eigenvalue weighted by atomic mass is 16.2. The van der Waals surface area contributed by atoms with Gasteiger partial charge in [0.15, 0.2) is 5.82 Å². The number of benzene rings is 1. The quantitative estimate of drug-likeness (QED) is 0.839. The molecular formula is C19H26N4O2. The molecule has 0 radical (unpaired) electrons. The van der Waals surface area contributed by atoms with E-state index in [4.69, 9.17) is 0 Å². The summed E-state index contributed by atoms with van der Waals surface area (Å²) in [6.45, 7) is 10.0. The Morgan fingerprint density at radius 1 is 1.20 bits per heavy atom. The van der Waals surface area contributed by atoms with Crippen molar-refractivity contribution in [3.05, 3.63) is 52.6 Å². The number of carbonyl (C=O) groups excluding carboxylic acids is 1. The Hall–Kier alpha value is -2.63. The van der Waals surface area contributed by atoms with Crippen molar-refractivity contribution >= 4 is 17.4 Å². The van der Waals surface area contributed by atoms with Gasteiger partial charge in [-0.1, -0.05) is 13.8 Å². The number of carbonyl (C=O) groups is 1. The molecule has 1 amide bonds. The largest absolute Gasteiger partial charge is 0.339 e. The number of amides is 1. The van der Waals surface area contributed by atoms with E-state index in [0.29, 0.717) is 31.1 Å². The molecule has 6 nitrogen and oxygen atoms in total. The lowest BCUT2D eigenvalue weighted by Gasteiger charge is -2.18. The van der Waals surface area contributed by atoms with Crippen molar-refractivity contribution in [3.8, 4) is 0 Å². The molecule has 2 aromatic rings. The van der Waals surface area contributed by atoms with Gasteiger partial charge in [-0.15, -0.1) is 0 Å². The molecule has 6 heteroatoms. The minimum absolute atomic E-state index is 0.00803. The predicted molar refractivity (Wildman–Crippen MR) is 100 cm³/mol. The molecule has 0 aliphatic heterocycles. The number of anilines is 2. The van der Waals surface area contributed by atoms with Crippen LogP contribution in [0.1, 0.15) is 38.1 Å². The standard InChI is InChI=1S/C19H26N4O2/c1-5-22(6-2)18(24)15-7-9-16(10-8-15)21-17-19(25)23(12-11-20-17)13-14(3)4/h7-12,14H,5-6,13H2,1-4H3,(H,20,21). The molecule has 25 heavy (non-hydrogen) atoms. The normalized spacial score (nSPS) is 10.8. The van der Waals surface area contributed by atoms with E-state index in [2.05, 4.69) is 24.1 Å². The number of nitrogens with one attached hydrogen (secondary N) is 1. The van der Waals surface area contributed by atoms with Gasteiger partial charge in [-0.2, -0.15) is 0 Å². The highest BCUT2D eigenvalue weighted by molar-refractivity contribution is 5.94. The number of nitrogens with zero attached hydrogens (tertiary/aromatic N) is 3.